The number of aromatic nitrogens is 4. The van der Waals surface area contributed by atoms with Crippen LogP contribution in [-0.4, -0.2) is 48.8 Å². The minimum absolute atomic E-state index is 0.0885. The van der Waals surface area contributed by atoms with E-state index in [1.165, 1.54) is 5.56 Å². The summed E-state index contributed by atoms with van der Waals surface area (Å²) in [5.41, 5.74) is 1.58. The van der Waals surface area contributed by atoms with E-state index in [1.807, 2.05) is 13.8 Å². The van der Waals surface area contributed by atoms with E-state index in [-0.39, 0.29) is 30.0 Å². The number of aryl methyl sites for hydroxylation is 1. The lowest BCUT2D eigenvalue weighted by Crippen LogP contribution is -2.37. The van der Waals surface area contributed by atoms with Crippen LogP contribution >= 0.6 is 11.3 Å². The highest BCUT2D eigenvalue weighted by molar-refractivity contribution is 7.19. The number of thiophene rings is 1. The van der Waals surface area contributed by atoms with E-state index >= 15 is 0 Å². The minimum atomic E-state index is -0.389. The van der Waals surface area contributed by atoms with Crippen LogP contribution in [0.3, 0.4) is 0 Å². The standard InChI is InChI=1S/C18H23N5O3S/c1-5-10(7-24)20-16(25)14-21-15-13-11-6-18(3,4)26-8-12(11)27-17(13)19-9(2)23(15)22-14/h10,24H,5-8H2,1-4H3,(H,20,25)/t10-/m1/s1. The fourth-order valence-corrected chi connectivity index (χ4v) is 4.51. The van der Waals surface area contributed by atoms with Gasteiger partial charge in [-0.15, -0.1) is 16.4 Å². The second kappa shape index (κ2) is 6.50. The van der Waals surface area contributed by atoms with Crippen molar-refractivity contribution < 1.29 is 14.6 Å². The van der Waals surface area contributed by atoms with Crippen molar-refractivity contribution in [2.45, 2.75) is 58.8 Å². The summed E-state index contributed by atoms with van der Waals surface area (Å²) in [5, 5.41) is 17.4. The summed E-state index contributed by atoms with van der Waals surface area (Å²) < 4.78 is 7.56. The number of hydrogen-bond acceptors (Lipinski definition) is 7. The summed E-state index contributed by atoms with van der Waals surface area (Å²) in [4.78, 5) is 23.8. The highest BCUT2D eigenvalue weighted by Crippen LogP contribution is 2.39. The molecule has 0 aromatic carbocycles. The Morgan fingerprint density at radius 2 is 2.22 bits per heavy atom. The Hall–Kier alpha value is -2.10. The lowest BCUT2D eigenvalue weighted by Gasteiger charge is -2.30. The van der Waals surface area contributed by atoms with Crippen LogP contribution in [0.4, 0.5) is 0 Å². The summed E-state index contributed by atoms with van der Waals surface area (Å²) in [6, 6.07) is -0.310. The largest absolute Gasteiger partial charge is 0.394 e. The third kappa shape index (κ3) is 3.09. The summed E-state index contributed by atoms with van der Waals surface area (Å²) in [6.45, 7) is 8.33. The Kier molecular flexibility index (Phi) is 4.40. The first kappa shape index (κ1) is 18.3. The zero-order valence-corrected chi connectivity index (χ0v) is 16.7. The molecule has 27 heavy (non-hydrogen) atoms. The predicted octanol–water partition coefficient (Wildman–Crippen LogP) is 2.00. The first-order valence-electron chi connectivity index (χ1n) is 9.06. The molecule has 0 radical (unpaired) electrons. The van der Waals surface area contributed by atoms with E-state index in [4.69, 9.17) is 4.74 Å². The van der Waals surface area contributed by atoms with Gasteiger partial charge in [-0.05, 0) is 32.8 Å². The normalized spacial score (nSPS) is 17.2. The maximum atomic E-state index is 12.5. The molecule has 0 bridgehead atoms. The van der Waals surface area contributed by atoms with Gasteiger partial charge in [-0.3, -0.25) is 4.79 Å². The van der Waals surface area contributed by atoms with Crippen molar-refractivity contribution in [3.63, 3.8) is 0 Å². The molecule has 3 aromatic heterocycles. The monoisotopic (exact) mass is 389 g/mol. The minimum Gasteiger partial charge on any atom is -0.394 e. The van der Waals surface area contributed by atoms with E-state index in [2.05, 4.69) is 34.2 Å². The van der Waals surface area contributed by atoms with Gasteiger partial charge in [-0.25, -0.2) is 9.97 Å². The lowest BCUT2D eigenvalue weighted by molar-refractivity contribution is -0.0379. The van der Waals surface area contributed by atoms with Crippen LogP contribution in [0.5, 0.6) is 0 Å². The quantitative estimate of drug-likeness (QED) is 0.708. The smallest absolute Gasteiger partial charge is 0.291 e. The Balaban J connectivity index is 1.85. The summed E-state index contributed by atoms with van der Waals surface area (Å²) in [5.74, 6) is 0.377. The van der Waals surface area contributed by atoms with Crippen LogP contribution in [-0.2, 0) is 17.8 Å². The molecule has 1 aliphatic heterocycles. The van der Waals surface area contributed by atoms with Gasteiger partial charge in [0.2, 0.25) is 5.82 Å². The average molecular weight is 389 g/mol. The van der Waals surface area contributed by atoms with E-state index in [0.29, 0.717) is 24.5 Å². The highest BCUT2D eigenvalue weighted by Gasteiger charge is 2.31. The lowest BCUT2D eigenvalue weighted by atomic mass is 9.94. The predicted molar refractivity (Wildman–Crippen MR) is 102 cm³/mol. The van der Waals surface area contributed by atoms with E-state index in [9.17, 15) is 9.90 Å². The fraction of sp³-hybridized carbons (Fsp3) is 0.556. The van der Waals surface area contributed by atoms with Crippen LogP contribution in [0.25, 0.3) is 15.9 Å². The van der Waals surface area contributed by atoms with Crippen LogP contribution in [0, 0.1) is 6.92 Å². The highest BCUT2D eigenvalue weighted by atomic mass is 32.1. The van der Waals surface area contributed by atoms with E-state index < -0.39 is 0 Å². The zero-order chi connectivity index (χ0) is 19.3. The molecule has 1 amide bonds. The van der Waals surface area contributed by atoms with Gasteiger partial charge < -0.3 is 15.2 Å². The van der Waals surface area contributed by atoms with Gasteiger partial charge in [0.05, 0.1) is 30.2 Å². The number of nitrogens with one attached hydrogen (secondary N) is 1. The van der Waals surface area contributed by atoms with Crippen molar-refractivity contribution in [3.8, 4) is 0 Å². The van der Waals surface area contributed by atoms with Gasteiger partial charge in [0.15, 0.2) is 5.65 Å². The number of aliphatic hydroxyl groups is 1. The molecule has 144 valence electrons. The Morgan fingerprint density at radius 3 is 2.93 bits per heavy atom. The summed E-state index contributed by atoms with van der Waals surface area (Å²) in [7, 11) is 0. The first-order chi connectivity index (χ1) is 12.8. The molecular formula is C18H23N5O3S. The van der Waals surface area contributed by atoms with Crippen molar-refractivity contribution >= 4 is 33.1 Å². The van der Waals surface area contributed by atoms with Crippen LogP contribution in [0.2, 0.25) is 0 Å². The van der Waals surface area contributed by atoms with Gasteiger partial charge in [0.1, 0.15) is 10.7 Å². The van der Waals surface area contributed by atoms with Crippen molar-refractivity contribution in [1.29, 1.82) is 0 Å². The third-order valence-corrected chi connectivity index (χ3v) is 6.02. The number of aliphatic hydroxyl groups excluding tert-OH is 1. The summed E-state index contributed by atoms with van der Waals surface area (Å²) >= 11 is 1.61. The molecule has 4 heterocycles. The van der Waals surface area contributed by atoms with Gasteiger partial charge in [-0.2, -0.15) is 4.52 Å². The van der Waals surface area contributed by atoms with Gasteiger partial charge in [0, 0.05) is 11.3 Å². The number of amides is 1. The van der Waals surface area contributed by atoms with Crippen molar-refractivity contribution in [3.05, 3.63) is 22.1 Å². The van der Waals surface area contributed by atoms with E-state index in [1.54, 1.807) is 15.9 Å². The molecule has 0 aliphatic carbocycles. The van der Waals surface area contributed by atoms with Gasteiger partial charge >= 0.3 is 0 Å². The van der Waals surface area contributed by atoms with E-state index in [0.717, 1.165) is 21.5 Å². The Labute approximate surface area is 160 Å². The molecule has 0 spiro atoms. The number of carbonyl (C=O) groups excluding carboxylic acids is 1. The molecule has 0 unspecified atom stereocenters. The zero-order valence-electron chi connectivity index (χ0n) is 15.9. The van der Waals surface area contributed by atoms with Gasteiger partial charge in [0.25, 0.3) is 5.91 Å². The number of carbonyl (C=O) groups is 1. The van der Waals surface area contributed by atoms with Crippen LogP contribution < -0.4 is 5.32 Å². The molecule has 1 atom stereocenters. The topological polar surface area (TPSA) is 102 Å². The van der Waals surface area contributed by atoms with Crippen molar-refractivity contribution in [1.82, 2.24) is 24.9 Å². The molecule has 8 nitrogen and oxygen atoms in total. The average Bonchev–Trinajstić information content (AvgIpc) is 3.20. The number of nitrogens with zero attached hydrogens (tertiary/aromatic N) is 4. The second-order valence-electron chi connectivity index (χ2n) is 7.50. The molecule has 0 fully saturated rings. The summed E-state index contributed by atoms with van der Waals surface area (Å²) in [6.07, 6.45) is 1.40. The maximum Gasteiger partial charge on any atom is 0.291 e. The third-order valence-electron chi connectivity index (χ3n) is 4.92. The molecule has 1 aliphatic rings. The fourth-order valence-electron chi connectivity index (χ4n) is 3.37. The molecule has 4 rings (SSSR count). The molecule has 0 saturated carbocycles. The number of fused-ring (bicyclic) bond motifs is 5. The maximum absolute atomic E-state index is 12.5. The molecule has 3 aromatic rings. The van der Waals surface area contributed by atoms with Crippen molar-refractivity contribution in [2.75, 3.05) is 6.61 Å². The molecule has 9 heteroatoms. The Morgan fingerprint density at radius 1 is 1.44 bits per heavy atom. The van der Waals surface area contributed by atoms with Gasteiger partial charge in [-0.1, -0.05) is 6.92 Å². The molecule has 0 saturated heterocycles. The van der Waals surface area contributed by atoms with Crippen LogP contribution in [0.1, 0.15) is 54.1 Å². The molecular weight excluding hydrogens is 366 g/mol. The van der Waals surface area contributed by atoms with Crippen LogP contribution in [0.15, 0.2) is 0 Å². The number of rotatable bonds is 4. The first-order valence-corrected chi connectivity index (χ1v) is 9.88. The SMILES string of the molecule is CC[C@H](CO)NC(=O)c1nc2c3c4c(sc3nc(C)n2n1)COC(C)(C)C4. The number of ether oxygens (including phenoxy) is 1. The molecule has 2 N–H and O–H groups in total. The number of hydrogen-bond donors (Lipinski definition) is 2. The Bertz CT molecular complexity index is 1030. The van der Waals surface area contributed by atoms with Crippen molar-refractivity contribution in [2.24, 2.45) is 0 Å². The second-order valence-corrected chi connectivity index (χ2v) is 8.58.